The van der Waals surface area contributed by atoms with Crippen LogP contribution < -0.4 is 9.47 Å². The van der Waals surface area contributed by atoms with Crippen LogP contribution in [0.3, 0.4) is 0 Å². The van der Waals surface area contributed by atoms with Gasteiger partial charge in [-0.15, -0.1) is 11.3 Å². The molecule has 0 amide bonds. The number of ketones is 1. The topological polar surface area (TPSA) is 52.6 Å². The molecule has 2 aromatic carbocycles. The molecule has 0 radical (unpaired) electrons. The lowest BCUT2D eigenvalue weighted by atomic mass is 10.1. The highest BCUT2D eigenvalue weighted by molar-refractivity contribution is 7.10. The van der Waals surface area contributed by atoms with Crippen LogP contribution in [0.15, 0.2) is 59.7 Å². The fraction of sp³-hybridized carbons (Fsp3) is 0.0909. The summed E-state index contributed by atoms with van der Waals surface area (Å²) < 4.78 is 11.3. The molecule has 1 aliphatic rings. The minimum Gasteiger partial charge on any atom is -0.452 e. The van der Waals surface area contributed by atoms with Crippen molar-refractivity contribution in [2.45, 2.75) is 13.3 Å². The third-order valence-corrected chi connectivity index (χ3v) is 5.57. The van der Waals surface area contributed by atoms with E-state index in [0.29, 0.717) is 33.2 Å². The van der Waals surface area contributed by atoms with E-state index in [9.17, 15) is 9.59 Å². The molecule has 0 saturated carbocycles. The molecule has 3 aromatic rings. The quantitative estimate of drug-likeness (QED) is 0.325. The van der Waals surface area contributed by atoms with Gasteiger partial charge in [-0.2, -0.15) is 0 Å². The van der Waals surface area contributed by atoms with Crippen molar-refractivity contribution in [3.8, 4) is 11.5 Å². The Bertz CT molecular complexity index is 1100. The molecule has 28 heavy (non-hydrogen) atoms. The summed E-state index contributed by atoms with van der Waals surface area (Å²) in [5, 5.41) is 2.44. The normalized spacial score (nSPS) is 14.1. The summed E-state index contributed by atoms with van der Waals surface area (Å²) in [5.74, 6) is 0.390. The minimum atomic E-state index is -0.360. The minimum absolute atomic E-state index is 0.188. The van der Waals surface area contributed by atoms with E-state index in [-0.39, 0.29) is 23.9 Å². The number of benzene rings is 2. The second kappa shape index (κ2) is 7.62. The highest BCUT2D eigenvalue weighted by Crippen LogP contribution is 2.39. The second-order valence-electron chi connectivity index (χ2n) is 6.26. The summed E-state index contributed by atoms with van der Waals surface area (Å²) in [6.45, 7) is 1.76. The Balaban J connectivity index is 1.58. The van der Waals surface area contributed by atoms with Crippen LogP contribution >= 0.6 is 22.9 Å². The van der Waals surface area contributed by atoms with Crippen LogP contribution in [0.25, 0.3) is 6.08 Å². The van der Waals surface area contributed by atoms with Gasteiger partial charge in [-0.3, -0.25) is 9.59 Å². The number of halogens is 1. The number of hydrogen-bond acceptors (Lipinski definition) is 5. The Morgan fingerprint density at radius 2 is 2.00 bits per heavy atom. The van der Waals surface area contributed by atoms with Gasteiger partial charge in [0.05, 0.1) is 12.0 Å². The lowest BCUT2D eigenvalue weighted by Crippen LogP contribution is -2.11. The maximum Gasteiger partial charge on any atom is 0.316 e. The Kier molecular flexibility index (Phi) is 5.03. The van der Waals surface area contributed by atoms with E-state index >= 15 is 0 Å². The van der Waals surface area contributed by atoms with Crippen LogP contribution in [-0.2, 0) is 11.2 Å². The number of rotatable bonds is 4. The molecule has 4 nitrogen and oxygen atoms in total. The molecule has 0 aliphatic carbocycles. The molecule has 0 saturated heterocycles. The zero-order valence-corrected chi connectivity index (χ0v) is 16.5. The molecular formula is C22H15ClO4S. The van der Waals surface area contributed by atoms with Crippen molar-refractivity contribution in [3.05, 3.63) is 86.3 Å². The Morgan fingerprint density at radius 3 is 2.75 bits per heavy atom. The van der Waals surface area contributed by atoms with Gasteiger partial charge in [0.15, 0.2) is 5.76 Å². The molecular weight excluding hydrogens is 396 g/mol. The van der Waals surface area contributed by atoms with Crippen LogP contribution in [0.1, 0.15) is 26.4 Å². The predicted molar refractivity (Wildman–Crippen MR) is 109 cm³/mol. The first-order valence-electron chi connectivity index (χ1n) is 8.58. The third-order valence-electron chi connectivity index (χ3n) is 4.35. The van der Waals surface area contributed by atoms with Crippen molar-refractivity contribution in [1.82, 2.24) is 0 Å². The number of ether oxygens (including phenoxy) is 2. The first-order chi connectivity index (χ1) is 13.5. The van der Waals surface area contributed by atoms with Gasteiger partial charge < -0.3 is 9.47 Å². The van der Waals surface area contributed by atoms with E-state index < -0.39 is 0 Å². The Labute approximate surface area is 171 Å². The molecule has 0 bridgehead atoms. The van der Waals surface area contributed by atoms with Gasteiger partial charge in [0.25, 0.3) is 0 Å². The van der Waals surface area contributed by atoms with Crippen LogP contribution in [0.4, 0.5) is 0 Å². The van der Waals surface area contributed by atoms with Crippen molar-refractivity contribution in [1.29, 1.82) is 0 Å². The molecule has 2 heterocycles. The van der Waals surface area contributed by atoms with Gasteiger partial charge in [-0.05, 0) is 48.2 Å². The maximum absolute atomic E-state index is 12.7. The van der Waals surface area contributed by atoms with Gasteiger partial charge in [-0.1, -0.05) is 35.9 Å². The summed E-state index contributed by atoms with van der Waals surface area (Å²) in [6, 6.07) is 14.2. The standard InChI is InChI=1S/C22H15ClO4S/c1-13-18(26-20(24)12-15-6-4-10-28-15)9-8-16-21(25)19(27-22(13)16)11-14-5-2-3-7-17(14)23/h2-11H,12H2,1H3/b19-11-. The predicted octanol–water partition coefficient (Wildman–Crippen LogP) is 5.47. The first kappa shape index (κ1) is 18.5. The van der Waals surface area contributed by atoms with E-state index in [1.165, 1.54) is 11.3 Å². The molecule has 140 valence electrons. The van der Waals surface area contributed by atoms with Gasteiger partial charge in [-0.25, -0.2) is 0 Å². The summed E-state index contributed by atoms with van der Waals surface area (Å²) in [6.07, 6.45) is 1.82. The average molecular weight is 411 g/mol. The summed E-state index contributed by atoms with van der Waals surface area (Å²) >= 11 is 7.67. The van der Waals surface area contributed by atoms with Gasteiger partial charge >= 0.3 is 5.97 Å². The summed E-state index contributed by atoms with van der Waals surface area (Å²) in [5.41, 5.74) is 1.74. The SMILES string of the molecule is Cc1c(OC(=O)Cc2cccs2)ccc2c1O/C(=C\c1ccccc1Cl)C2=O. The van der Waals surface area contributed by atoms with Crippen LogP contribution in [0.2, 0.25) is 5.02 Å². The Hall–Kier alpha value is -2.89. The van der Waals surface area contributed by atoms with Gasteiger partial charge in [0, 0.05) is 15.5 Å². The largest absolute Gasteiger partial charge is 0.452 e. The number of thiophene rings is 1. The highest BCUT2D eigenvalue weighted by atomic mass is 35.5. The molecule has 0 unspecified atom stereocenters. The number of hydrogen-bond donors (Lipinski definition) is 0. The molecule has 4 rings (SSSR count). The van der Waals surface area contributed by atoms with Gasteiger partial charge in [0.1, 0.15) is 11.5 Å². The van der Waals surface area contributed by atoms with Crippen molar-refractivity contribution in [3.63, 3.8) is 0 Å². The third kappa shape index (κ3) is 3.59. The van der Waals surface area contributed by atoms with E-state index in [4.69, 9.17) is 21.1 Å². The molecule has 0 N–H and O–H groups in total. The Morgan fingerprint density at radius 1 is 1.18 bits per heavy atom. The van der Waals surface area contributed by atoms with Crippen LogP contribution in [-0.4, -0.2) is 11.8 Å². The zero-order valence-electron chi connectivity index (χ0n) is 14.9. The van der Waals surface area contributed by atoms with Crippen LogP contribution in [0, 0.1) is 6.92 Å². The highest BCUT2D eigenvalue weighted by Gasteiger charge is 2.30. The van der Waals surface area contributed by atoms with Crippen molar-refractivity contribution < 1.29 is 19.1 Å². The maximum atomic E-state index is 12.7. The fourth-order valence-electron chi connectivity index (χ4n) is 2.93. The first-order valence-corrected chi connectivity index (χ1v) is 9.84. The lowest BCUT2D eigenvalue weighted by molar-refractivity contribution is -0.133. The molecule has 1 aromatic heterocycles. The van der Waals surface area contributed by atoms with E-state index in [2.05, 4.69) is 0 Å². The fourth-order valence-corrected chi connectivity index (χ4v) is 3.81. The number of carbonyl (C=O) groups excluding carboxylic acids is 2. The second-order valence-corrected chi connectivity index (χ2v) is 7.70. The number of fused-ring (bicyclic) bond motifs is 1. The number of allylic oxidation sites excluding steroid dienone is 1. The molecule has 6 heteroatoms. The number of carbonyl (C=O) groups is 2. The van der Waals surface area contributed by atoms with Crippen molar-refractivity contribution in [2.75, 3.05) is 0 Å². The van der Waals surface area contributed by atoms with Crippen molar-refractivity contribution >= 4 is 40.8 Å². The van der Waals surface area contributed by atoms with Crippen LogP contribution in [0.5, 0.6) is 11.5 Å². The summed E-state index contributed by atoms with van der Waals surface area (Å²) in [7, 11) is 0. The monoisotopic (exact) mass is 410 g/mol. The molecule has 0 atom stereocenters. The number of Topliss-reactive ketones (excluding diaryl/α,β-unsaturated/α-hetero) is 1. The lowest BCUT2D eigenvalue weighted by Gasteiger charge is -2.09. The van der Waals surface area contributed by atoms with E-state index in [1.807, 2.05) is 29.6 Å². The van der Waals surface area contributed by atoms with E-state index in [1.54, 1.807) is 37.3 Å². The molecule has 0 fully saturated rings. The zero-order chi connectivity index (χ0) is 19.7. The van der Waals surface area contributed by atoms with Crippen molar-refractivity contribution in [2.24, 2.45) is 0 Å². The van der Waals surface area contributed by atoms with Gasteiger partial charge in [0.2, 0.25) is 5.78 Å². The van der Waals surface area contributed by atoms with E-state index in [0.717, 1.165) is 4.88 Å². The average Bonchev–Trinajstić information content (AvgIpc) is 3.28. The summed E-state index contributed by atoms with van der Waals surface area (Å²) in [4.78, 5) is 25.8. The number of esters is 1. The molecule has 1 aliphatic heterocycles. The molecule has 0 spiro atoms. The smallest absolute Gasteiger partial charge is 0.316 e.